The Labute approximate surface area is 160 Å². The van der Waals surface area contributed by atoms with Crippen LogP contribution in [-0.2, 0) is 11.8 Å². The molecule has 4 heterocycles. The number of nitrogens with one attached hydrogen (secondary N) is 1. The van der Waals surface area contributed by atoms with Gasteiger partial charge < -0.3 is 19.5 Å². The van der Waals surface area contributed by atoms with Crippen molar-refractivity contribution in [2.75, 3.05) is 23.4 Å². The standard InChI is InChI=1S/C19H29N7O/c1-13(2)18-14(6-5-9-27-18)23-16-10-17(21-11-20-16)26-8-4-7-15(26)19-24-22-12-25(19)3/h10-15,18H,4-9H2,1-3H3,(H,20,21,23)/t14-,15+,18+/m1/s1. The first-order valence-electron chi connectivity index (χ1n) is 9.94. The fourth-order valence-corrected chi connectivity index (χ4v) is 4.29. The minimum absolute atomic E-state index is 0.210. The fraction of sp³-hybridized carbons (Fsp3) is 0.684. The van der Waals surface area contributed by atoms with Crippen molar-refractivity contribution in [3.63, 3.8) is 0 Å². The summed E-state index contributed by atoms with van der Waals surface area (Å²) in [6.07, 6.45) is 8.00. The fourth-order valence-electron chi connectivity index (χ4n) is 4.29. The maximum atomic E-state index is 6.00. The molecular weight excluding hydrogens is 342 g/mol. The Morgan fingerprint density at radius 3 is 2.89 bits per heavy atom. The Kier molecular flexibility index (Phi) is 5.24. The number of hydrogen-bond donors (Lipinski definition) is 1. The molecule has 2 aromatic rings. The van der Waals surface area contributed by atoms with Gasteiger partial charge in [0.25, 0.3) is 0 Å². The van der Waals surface area contributed by atoms with E-state index in [-0.39, 0.29) is 18.2 Å². The first kappa shape index (κ1) is 18.2. The van der Waals surface area contributed by atoms with Gasteiger partial charge in [0.15, 0.2) is 5.82 Å². The van der Waals surface area contributed by atoms with Crippen molar-refractivity contribution in [2.24, 2.45) is 13.0 Å². The molecule has 8 nitrogen and oxygen atoms in total. The lowest BCUT2D eigenvalue weighted by atomic mass is 9.94. The summed E-state index contributed by atoms with van der Waals surface area (Å²) in [4.78, 5) is 11.3. The van der Waals surface area contributed by atoms with Gasteiger partial charge in [0.05, 0.1) is 18.2 Å². The van der Waals surface area contributed by atoms with Crippen molar-refractivity contribution in [1.82, 2.24) is 24.7 Å². The minimum Gasteiger partial charge on any atom is -0.376 e. The lowest BCUT2D eigenvalue weighted by Gasteiger charge is -2.35. The van der Waals surface area contributed by atoms with Gasteiger partial charge in [-0.25, -0.2) is 9.97 Å². The van der Waals surface area contributed by atoms with Crippen LogP contribution in [0.25, 0.3) is 0 Å². The van der Waals surface area contributed by atoms with E-state index in [2.05, 4.69) is 50.3 Å². The second-order valence-electron chi connectivity index (χ2n) is 7.89. The highest BCUT2D eigenvalue weighted by Crippen LogP contribution is 2.34. The largest absolute Gasteiger partial charge is 0.376 e. The summed E-state index contributed by atoms with van der Waals surface area (Å²) in [6, 6.07) is 2.55. The number of ether oxygens (including phenoxy) is 1. The van der Waals surface area contributed by atoms with Crippen LogP contribution in [0.3, 0.4) is 0 Å². The van der Waals surface area contributed by atoms with Crippen LogP contribution >= 0.6 is 0 Å². The average Bonchev–Trinajstić information content (AvgIpc) is 3.30. The molecule has 2 saturated heterocycles. The summed E-state index contributed by atoms with van der Waals surface area (Å²) in [6.45, 7) is 6.25. The first-order valence-corrected chi connectivity index (χ1v) is 9.94. The molecule has 8 heteroatoms. The van der Waals surface area contributed by atoms with E-state index in [1.165, 1.54) is 0 Å². The molecule has 2 aliphatic heterocycles. The summed E-state index contributed by atoms with van der Waals surface area (Å²) < 4.78 is 8.00. The summed E-state index contributed by atoms with van der Waals surface area (Å²) in [5.74, 6) is 3.27. The van der Waals surface area contributed by atoms with Gasteiger partial charge in [-0.3, -0.25) is 0 Å². The van der Waals surface area contributed by atoms with E-state index in [1.807, 2.05) is 11.6 Å². The van der Waals surface area contributed by atoms with E-state index < -0.39 is 0 Å². The highest BCUT2D eigenvalue weighted by Gasteiger charge is 2.32. The van der Waals surface area contributed by atoms with Crippen molar-refractivity contribution >= 4 is 11.6 Å². The predicted octanol–water partition coefficient (Wildman–Crippen LogP) is 2.56. The quantitative estimate of drug-likeness (QED) is 0.865. The molecule has 0 bridgehead atoms. The van der Waals surface area contributed by atoms with Crippen molar-refractivity contribution in [3.8, 4) is 0 Å². The second kappa shape index (κ2) is 7.80. The molecule has 27 heavy (non-hydrogen) atoms. The Morgan fingerprint density at radius 1 is 1.22 bits per heavy atom. The molecule has 146 valence electrons. The molecule has 4 rings (SSSR count). The topological polar surface area (TPSA) is 81.0 Å². The number of aryl methyl sites for hydroxylation is 1. The molecule has 1 N–H and O–H groups in total. The summed E-state index contributed by atoms with van der Waals surface area (Å²) in [5, 5.41) is 12.0. The molecular formula is C19H29N7O. The maximum absolute atomic E-state index is 6.00. The van der Waals surface area contributed by atoms with Crippen LogP contribution in [0.1, 0.15) is 51.4 Å². The van der Waals surface area contributed by atoms with Crippen LogP contribution in [0.5, 0.6) is 0 Å². The van der Waals surface area contributed by atoms with E-state index in [0.717, 1.165) is 56.3 Å². The number of hydrogen-bond acceptors (Lipinski definition) is 7. The Hall–Kier alpha value is -2.22. The van der Waals surface area contributed by atoms with E-state index >= 15 is 0 Å². The van der Waals surface area contributed by atoms with Gasteiger partial charge in [0.2, 0.25) is 0 Å². The molecule has 0 amide bonds. The van der Waals surface area contributed by atoms with Crippen molar-refractivity contribution in [1.29, 1.82) is 0 Å². The monoisotopic (exact) mass is 371 g/mol. The third-order valence-corrected chi connectivity index (χ3v) is 5.60. The molecule has 0 unspecified atom stereocenters. The zero-order valence-corrected chi connectivity index (χ0v) is 16.4. The number of anilines is 2. The third kappa shape index (κ3) is 3.76. The van der Waals surface area contributed by atoms with Crippen LogP contribution in [0.4, 0.5) is 11.6 Å². The number of nitrogens with zero attached hydrogens (tertiary/aromatic N) is 6. The normalized spacial score (nSPS) is 25.9. The van der Waals surface area contributed by atoms with Crippen LogP contribution < -0.4 is 10.2 Å². The summed E-state index contributed by atoms with van der Waals surface area (Å²) >= 11 is 0. The predicted molar refractivity (Wildman–Crippen MR) is 104 cm³/mol. The SMILES string of the molecule is CC(C)[C@@H]1OCCC[C@H]1Nc1cc(N2CCC[C@H]2c2nncn2C)ncn1. The molecule has 0 spiro atoms. The van der Waals surface area contributed by atoms with Crippen LogP contribution in [0.15, 0.2) is 18.7 Å². The third-order valence-electron chi connectivity index (χ3n) is 5.60. The van der Waals surface area contributed by atoms with Crippen molar-refractivity contribution in [3.05, 3.63) is 24.5 Å². The van der Waals surface area contributed by atoms with Gasteiger partial charge in [-0.1, -0.05) is 13.8 Å². The Balaban J connectivity index is 1.53. The minimum atomic E-state index is 0.210. The van der Waals surface area contributed by atoms with Gasteiger partial charge in [-0.05, 0) is 31.6 Å². The van der Waals surface area contributed by atoms with Crippen LogP contribution in [0, 0.1) is 5.92 Å². The van der Waals surface area contributed by atoms with Gasteiger partial charge in [0, 0.05) is 26.3 Å². The molecule has 2 aromatic heterocycles. The maximum Gasteiger partial charge on any atom is 0.155 e. The highest BCUT2D eigenvalue weighted by molar-refractivity contribution is 5.51. The van der Waals surface area contributed by atoms with E-state index in [9.17, 15) is 0 Å². The Bertz CT molecular complexity index is 762. The number of rotatable bonds is 5. The number of aromatic nitrogens is 5. The first-order chi connectivity index (χ1) is 13.1. The molecule has 0 saturated carbocycles. The highest BCUT2D eigenvalue weighted by atomic mass is 16.5. The van der Waals surface area contributed by atoms with Crippen molar-refractivity contribution < 1.29 is 4.74 Å². The Morgan fingerprint density at radius 2 is 2.11 bits per heavy atom. The molecule has 0 radical (unpaired) electrons. The van der Waals surface area contributed by atoms with Crippen LogP contribution in [0.2, 0.25) is 0 Å². The lowest BCUT2D eigenvalue weighted by Crippen LogP contribution is -2.43. The second-order valence-corrected chi connectivity index (χ2v) is 7.89. The van der Waals surface area contributed by atoms with Gasteiger partial charge in [-0.15, -0.1) is 10.2 Å². The van der Waals surface area contributed by atoms with Crippen molar-refractivity contribution in [2.45, 2.75) is 57.7 Å². The van der Waals surface area contributed by atoms with Crippen LogP contribution in [-0.4, -0.2) is 50.0 Å². The zero-order chi connectivity index (χ0) is 18.8. The van der Waals surface area contributed by atoms with Gasteiger partial charge in [0.1, 0.15) is 24.3 Å². The molecule has 2 fully saturated rings. The average molecular weight is 371 g/mol. The van der Waals surface area contributed by atoms with E-state index in [1.54, 1.807) is 12.7 Å². The molecule has 0 aliphatic carbocycles. The summed E-state index contributed by atoms with van der Waals surface area (Å²) in [7, 11) is 1.99. The zero-order valence-electron chi connectivity index (χ0n) is 16.4. The van der Waals surface area contributed by atoms with E-state index in [4.69, 9.17) is 4.74 Å². The van der Waals surface area contributed by atoms with E-state index in [0.29, 0.717) is 5.92 Å². The summed E-state index contributed by atoms with van der Waals surface area (Å²) in [5.41, 5.74) is 0. The molecule has 0 aromatic carbocycles. The molecule has 3 atom stereocenters. The van der Waals surface area contributed by atoms with Gasteiger partial charge >= 0.3 is 0 Å². The molecule has 2 aliphatic rings. The van der Waals surface area contributed by atoms with Gasteiger partial charge in [-0.2, -0.15) is 0 Å². The lowest BCUT2D eigenvalue weighted by molar-refractivity contribution is -0.0203. The smallest absolute Gasteiger partial charge is 0.155 e.